The van der Waals surface area contributed by atoms with Crippen molar-refractivity contribution >= 4 is 18.1 Å². The molecule has 2 heterocycles. The summed E-state index contributed by atoms with van der Waals surface area (Å²) in [5, 5.41) is 2.09. The van der Waals surface area contributed by atoms with Crippen molar-refractivity contribution in [2.45, 2.75) is 38.1 Å². The molecular weight excluding hydrogens is 432 g/mol. The van der Waals surface area contributed by atoms with Gasteiger partial charge in [-0.3, -0.25) is 9.59 Å². The first kappa shape index (κ1) is 22.6. The van der Waals surface area contributed by atoms with Crippen LogP contribution >= 0.6 is 0 Å². The summed E-state index contributed by atoms with van der Waals surface area (Å²) in [6.07, 6.45) is -5.14. The molecule has 0 radical (unpaired) electrons. The summed E-state index contributed by atoms with van der Waals surface area (Å²) in [5.74, 6) is -5.65. The SMILES string of the molecule is N[C@@H](CC(=O)N1CCn2c(C(F)(F)F)nc(NC=O)c2C1)Cc1cc(F)c(F)cc1F. The molecule has 1 aromatic carbocycles. The molecule has 2 aromatic rings. The molecule has 31 heavy (non-hydrogen) atoms. The molecule has 0 bridgehead atoms. The molecular formula is C18H17F6N5O2. The van der Waals surface area contributed by atoms with Crippen molar-refractivity contribution in [3.63, 3.8) is 0 Å². The molecule has 168 valence electrons. The lowest BCUT2D eigenvalue weighted by Gasteiger charge is -2.30. The number of nitrogens with one attached hydrogen (secondary N) is 1. The normalized spacial score (nSPS) is 14.9. The predicted octanol–water partition coefficient (Wildman–Crippen LogP) is 2.19. The summed E-state index contributed by atoms with van der Waals surface area (Å²) in [4.78, 5) is 27.9. The molecule has 1 aromatic heterocycles. The first-order valence-corrected chi connectivity index (χ1v) is 9.04. The predicted molar refractivity (Wildman–Crippen MR) is 94.9 cm³/mol. The van der Waals surface area contributed by atoms with Crippen molar-refractivity contribution in [2.24, 2.45) is 5.73 Å². The molecule has 1 aliphatic rings. The zero-order chi connectivity index (χ0) is 22.9. The van der Waals surface area contributed by atoms with Gasteiger partial charge >= 0.3 is 6.18 Å². The van der Waals surface area contributed by atoms with E-state index in [-0.39, 0.29) is 56.0 Å². The molecule has 0 spiro atoms. The van der Waals surface area contributed by atoms with Crippen LogP contribution in [0.5, 0.6) is 0 Å². The van der Waals surface area contributed by atoms with Gasteiger partial charge in [0.15, 0.2) is 17.5 Å². The summed E-state index contributed by atoms with van der Waals surface area (Å²) in [6.45, 7) is -0.543. The molecule has 7 nitrogen and oxygen atoms in total. The fraction of sp³-hybridized carbons (Fsp3) is 0.389. The van der Waals surface area contributed by atoms with Gasteiger partial charge in [-0.1, -0.05) is 0 Å². The van der Waals surface area contributed by atoms with Crippen LogP contribution in [0.15, 0.2) is 12.1 Å². The molecule has 0 saturated carbocycles. The number of halogens is 6. The van der Waals surface area contributed by atoms with Crippen LogP contribution in [0, 0.1) is 17.5 Å². The Kier molecular flexibility index (Phi) is 6.25. The zero-order valence-electron chi connectivity index (χ0n) is 15.8. The van der Waals surface area contributed by atoms with E-state index in [0.717, 1.165) is 4.57 Å². The third kappa shape index (κ3) is 4.81. The van der Waals surface area contributed by atoms with Crippen LogP contribution in [0.2, 0.25) is 0 Å². The molecule has 1 aliphatic heterocycles. The van der Waals surface area contributed by atoms with Gasteiger partial charge in [0.1, 0.15) is 5.82 Å². The van der Waals surface area contributed by atoms with Gasteiger partial charge in [0.2, 0.25) is 18.1 Å². The molecule has 0 fully saturated rings. The average Bonchev–Trinajstić information content (AvgIpc) is 3.04. The standard InChI is InChI=1S/C18H17F6N5O2/c19-11-6-13(21)12(20)4-9(11)3-10(25)5-15(31)28-1-2-29-14(7-28)16(26-8-30)27-17(29)18(22,23)24/h4,6,8,10H,1-3,5,7,25H2,(H,26,30)/t10-/m1/s1. The Hall–Kier alpha value is -3.09. The lowest BCUT2D eigenvalue weighted by Crippen LogP contribution is -2.42. The minimum Gasteiger partial charge on any atom is -0.335 e. The highest BCUT2D eigenvalue weighted by molar-refractivity contribution is 5.77. The van der Waals surface area contributed by atoms with E-state index in [1.807, 2.05) is 0 Å². The van der Waals surface area contributed by atoms with E-state index in [0.29, 0.717) is 12.1 Å². The van der Waals surface area contributed by atoms with E-state index in [2.05, 4.69) is 10.3 Å². The van der Waals surface area contributed by atoms with Gasteiger partial charge in [-0.05, 0) is 18.1 Å². The van der Waals surface area contributed by atoms with Crippen LogP contribution in [0.1, 0.15) is 23.5 Å². The van der Waals surface area contributed by atoms with Gasteiger partial charge in [0.05, 0.1) is 12.2 Å². The maximum Gasteiger partial charge on any atom is 0.449 e. The number of hydrogen-bond acceptors (Lipinski definition) is 4. The number of imidazole rings is 1. The number of aromatic nitrogens is 2. The number of hydrogen-bond donors (Lipinski definition) is 2. The van der Waals surface area contributed by atoms with Gasteiger partial charge in [-0.15, -0.1) is 0 Å². The van der Waals surface area contributed by atoms with Gasteiger partial charge < -0.3 is 20.5 Å². The van der Waals surface area contributed by atoms with Gasteiger partial charge in [-0.25, -0.2) is 18.2 Å². The Morgan fingerprint density at radius 1 is 1.19 bits per heavy atom. The lowest BCUT2D eigenvalue weighted by molar-refractivity contribution is -0.148. The highest BCUT2D eigenvalue weighted by Gasteiger charge is 2.40. The molecule has 2 amide bonds. The Balaban J connectivity index is 1.71. The van der Waals surface area contributed by atoms with Crippen molar-refractivity contribution in [2.75, 3.05) is 11.9 Å². The van der Waals surface area contributed by atoms with Crippen LogP contribution < -0.4 is 11.1 Å². The van der Waals surface area contributed by atoms with Crippen molar-refractivity contribution in [1.82, 2.24) is 14.5 Å². The highest BCUT2D eigenvalue weighted by Crippen LogP contribution is 2.34. The third-order valence-electron chi connectivity index (χ3n) is 4.82. The fourth-order valence-electron chi connectivity index (χ4n) is 3.40. The smallest absolute Gasteiger partial charge is 0.335 e. The second kappa shape index (κ2) is 8.57. The van der Waals surface area contributed by atoms with E-state index in [1.54, 1.807) is 0 Å². The van der Waals surface area contributed by atoms with Gasteiger partial charge in [-0.2, -0.15) is 13.2 Å². The Bertz CT molecular complexity index is 1010. The van der Waals surface area contributed by atoms with Crippen LogP contribution in [0.25, 0.3) is 0 Å². The Morgan fingerprint density at radius 2 is 1.87 bits per heavy atom. The fourth-order valence-corrected chi connectivity index (χ4v) is 3.40. The maximum absolute atomic E-state index is 13.8. The van der Waals surface area contributed by atoms with Gasteiger partial charge in [0.25, 0.3) is 0 Å². The highest BCUT2D eigenvalue weighted by atomic mass is 19.4. The summed E-state index contributed by atoms with van der Waals surface area (Å²) in [5.41, 5.74) is 5.64. The molecule has 0 saturated heterocycles. The van der Waals surface area contributed by atoms with Crippen LogP contribution in [-0.2, 0) is 35.3 Å². The quantitative estimate of drug-likeness (QED) is 0.402. The lowest BCUT2D eigenvalue weighted by atomic mass is 10.0. The van der Waals surface area contributed by atoms with E-state index in [4.69, 9.17) is 5.73 Å². The molecule has 0 aliphatic carbocycles. The summed E-state index contributed by atoms with van der Waals surface area (Å²) < 4.78 is 80.5. The first-order chi connectivity index (χ1) is 14.5. The summed E-state index contributed by atoms with van der Waals surface area (Å²) >= 11 is 0. The average molecular weight is 449 g/mol. The van der Waals surface area contributed by atoms with E-state index >= 15 is 0 Å². The van der Waals surface area contributed by atoms with E-state index in [1.165, 1.54) is 4.90 Å². The van der Waals surface area contributed by atoms with Crippen molar-refractivity contribution < 1.29 is 35.9 Å². The van der Waals surface area contributed by atoms with Crippen LogP contribution in [0.3, 0.4) is 0 Å². The molecule has 3 N–H and O–H groups in total. The Labute approximate surface area is 171 Å². The number of rotatable bonds is 6. The number of nitrogens with zero attached hydrogens (tertiary/aromatic N) is 3. The van der Waals surface area contributed by atoms with Crippen LogP contribution in [0.4, 0.5) is 32.2 Å². The molecule has 13 heteroatoms. The topological polar surface area (TPSA) is 93.2 Å². The zero-order valence-corrected chi connectivity index (χ0v) is 15.8. The summed E-state index contributed by atoms with van der Waals surface area (Å²) in [7, 11) is 0. The minimum atomic E-state index is -4.75. The van der Waals surface area contributed by atoms with Crippen molar-refractivity contribution in [3.05, 3.63) is 46.7 Å². The molecule has 1 atom stereocenters. The number of carbonyl (C=O) groups is 2. The number of nitrogens with two attached hydrogens (primary N) is 1. The van der Waals surface area contributed by atoms with Crippen molar-refractivity contribution in [3.8, 4) is 0 Å². The number of anilines is 1. The Morgan fingerprint density at radius 3 is 2.52 bits per heavy atom. The number of fused-ring (bicyclic) bond motifs is 1. The van der Waals surface area contributed by atoms with Crippen molar-refractivity contribution in [1.29, 1.82) is 0 Å². The number of carbonyl (C=O) groups excluding carboxylic acids is 2. The van der Waals surface area contributed by atoms with Gasteiger partial charge in [0, 0.05) is 31.6 Å². The van der Waals surface area contributed by atoms with E-state index in [9.17, 15) is 35.9 Å². The second-order valence-corrected chi connectivity index (χ2v) is 6.98. The maximum atomic E-state index is 13.8. The first-order valence-electron chi connectivity index (χ1n) is 9.04. The second-order valence-electron chi connectivity index (χ2n) is 6.98. The number of benzene rings is 1. The minimum absolute atomic E-state index is 0.000698. The van der Waals surface area contributed by atoms with E-state index < -0.39 is 41.4 Å². The monoisotopic (exact) mass is 449 g/mol. The third-order valence-corrected chi connectivity index (χ3v) is 4.82. The molecule has 0 unspecified atom stereocenters. The number of alkyl halides is 3. The van der Waals surface area contributed by atoms with Crippen LogP contribution in [-0.4, -0.2) is 39.4 Å². The molecule has 3 rings (SSSR count). The number of amides is 2. The summed E-state index contributed by atoms with van der Waals surface area (Å²) in [6, 6.07) is 0.0898. The largest absolute Gasteiger partial charge is 0.449 e.